The molecule has 1 aliphatic heterocycles. The monoisotopic (exact) mass is 382 g/mol. The average Bonchev–Trinajstić information content (AvgIpc) is 2.95. The molecule has 6 nitrogen and oxygen atoms in total. The molecular weight excluding hydrogens is 366 g/mol. The van der Waals surface area contributed by atoms with Crippen LogP contribution in [-0.4, -0.2) is 33.2 Å². The fraction of sp³-hybridized carbons (Fsp3) is 0.235. The second-order valence-corrected chi connectivity index (χ2v) is 7.66. The first kappa shape index (κ1) is 18.1. The highest BCUT2D eigenvalue weighted by Gasteiger charge is 2.28. The van der Waals surface area contributed by atoms with Crippen LogP contribution in [0.1, 0.15) is 16.8 Å². The third-order valence-electron chi connectivity index (χ3n) is 3.83. The van der Waals surface area contributed by atoms with Gasteiger partial charge in [0.1, 0.15) is 5.75 Å². The number of hydrogen-bond donors (Lipinski definition) is 1. The fourth-order valence-corrected chi connectivity index (χ4v) is 4.21. The molecule has 0 aromatic heterocycles. The van der Waals surface area contributed by atoms with Crippen LogP contribution in [0.5, 0.6) is 5.75 Å². The summed E-state index contributed by atoms with van der Waals surface area (Å²) in [5.41, 5.74) is 1.13. The maximum Gasteiger partial charge on any atom is 0.387 e. The quantitative estimate of drug-likeness (QED) is 0.862. The van der Waals surface area contributed by atoms with E-state index in [4.69, 9.17) is 0 Å². The van der Waals surface area contributed by atoms with Crippen molar-refractivity contribution in [1.82, 2.24) is 0 Å². The summed E-state index contributed by atoms with van der Waals surface area (Å²) in [4.78, 5) is 12.4. The van der Waals surface area contributed by atoms with Crippen LogP contribution in [0.25, 0.3) is 0 Å². The summed E-state index contributed by atoms with van der Waals surface area (Å²) in [7, 11) is -3.33. The van der Waals surface area contributed by atoms with Gasteiger partial charge in [-0.15, -0.1) is 0 Å². The number of nitrogens with zero attached hydrogens (tertiary/aromatic N) is 1. The number of benzene rings is 2. The molecule has 2 aromatic carbocycles. The molecule has 0 bridgehead atoms. The molecule has 1 heterocycles. The van der Waals surface area contributed by atoms with Gasteiger partial charge in [-0.25, -0.2) is 8.42 Å². The Labute approximate surface area is 149 Å². The zero-order valence-corrected chi connectivity index (χ0v) is 14.4. The van der Waals surface area contributed by atoms with E-state index in [0.717, 1.165) is 0 Å². The van der Waals surface area contributed by atoms with Crippen molar-refractivity contribution < 1.29 is 26.7 Å². The Hall–Kier alpha value is -2.68. The fourth-order valence-electron chi connectivity index (χ4n) is 2.65. The van der Waals surface area contributed by atoms with Crippen molar-refractivity contribution >= 4 is 27.3 Å². The van der Waals surface area contributed by atoms with Gasteiger partial charge in [-0.05, 0) is 48.9 Å². The molecule has 9 heteroatoms. The van der Waals surface area contributed by atoms with Gasteiger partial charge in [-0.1, -0.05) is 6.07 Å². The van der Waals surface area contributed by atoms with Gasteiger partial charge in [-0.2, -0.15) is 8.78 Å². The minimum Gasteiger partial charge on any atom is -0.435 e. The van der Waals surface area contributed by atoms with Gasteiger partial charge >= 0.3 is 6.61 Å². The number of hydrogen-bond acceptors (Lipinski definition) is 4. The molecule has 0 saturated carbocycles. The summed E-state index contributed by atoms with van der Waals surface area (Å²) in [6, 6.07) is 11.8. The Morgan fingerprint density at radius 3 is 2.50 bits per heavy atom. The molecule has 1 N–H and O–H groups in total. The molecule has 1 fully saturated rings. The van der Waals surface area contributed by atoms with Crippen LogP contribution < -0.4 is 14.4 Å². The molecule has 1 saturated heterocycles. The number of alkyl halides is 2. The second-order valence-electron chi connectivity index (χ2n) is 5.65. The third kappa shape index (κ3) is 4.10. The average molecular weight is 382 g/mol. The molecule has 138 valence electrons. The van der Waals surface area contributed by atoms with Crippen molar-refractivity contribution in [1.29, 1.82) is 0 Å². The second kappa shape index (κ2) is 7.28. The Morgan fingerprint density at radius 2 is 1.88 bits per heavy atom. The molecule has 0 unspecified atom stereocenters. The highest BCUT2D eigenvalue weighted by Crippen LogP contribution is 2.25. The van der Waals surface area contributed by atoms with Gasteiger partial charge < -0.3 is 10.1 Å². The van der Waals surface area contributed by atoms with E-state index in [9.17, 15) is 22.0 Å². The van der Waals surface area contributed by atoms with Crippen molar-refractivity contribution in [2.75, 3.05) is 21.9 Å². The number of nitrogens with one attached hydrogen (secondary N) is 1. The Kier molecular flexibility index (Phi) is 5.08. The number of carbonyl (C=O) groups excluding carboxylic acids is 1. The van der Waals surface area contributed by atoms with Gasteiger partial charge in [0.05, 0.1) is 11.4 Å². The van der Waals surface area contributed by atoms with Gasteiger partial charge in [0, 0.05) is 17.8 Å². The Morgan fingerprint density at radius 1 is 1.15 bits per heavy atom. The summed E-state index contributed by atoms with van der Waals surface area (Å²) < 4.78 is 53.8. The van der Waals surface area contributed by atoms with E-state index in [1.54, 1.807) is 18.2 Å². The van der Waals surface area contributed by atoms with Crippen LogP contribution in [0.3, 0.4) is 0 Å². The summed E-state index contributed by atoms with van der Waals surface area (Å²) in [5, 5.41) is 2.63. The van der Waals surface area contributed by atoms with Crippen LogP contribution >= 0.6 is 0 Å². The highest BCUT2D eigenvalue weighted by molar-refractivity contribution is 7.93. The molecule has 1 aliphatic rings. The van der Waals surface area contributed by atoms with Crippen LogP contribution in [0.15, 0.2) is 48.5 Å². The minimum absolute atomic E-state index is 0.0146. The largest absolute Gasteiger partial charge is 0.435 e. The van der Waals surface area contributed by atoms with Crippen LogP contribution in [0.2, 0.25) is 0 Å². The van der Waals surface area contributed by atoms with Crippen LogP contribution in [0.4, 0.5) is 20.2 Å². The van der Waals surface area contributed by atoms with E-state index < -0.39 is 22.5 Å². The minimum atomic E-state index is -3.33. The SMILES string of the molecule is O=C(Nc1ccc(OC(F)F)cc1)c1cccc(N2CCCS2(=O)=O)c1. The van der Waals surface area contributed by atoms with Gasteiger partial charge in [-0.3, -0.25) is 9.10 Å². The first-order chi connectivity index (χ1) is 12.3. The lowest BCUT2D eigenvalue weighted by molar-refractivity contribution is -0.0498. The Bertz CT molecular complexity index is 901. The van der Waals surface area contributed by atoms with E-state index in [1.807, 2.05) is 0 Å². The molecule has 26 heavy (non-hydrogen) atoms. The number of anilines is 2. The highest BCUT2D eigenvalue weighted by atomic mass is 32.2. The maximum atomic E-state index is 12.4. The summed E-state index contributed by atoms with van der Waals surface area (Å²) in [6.45, 7) is -2.53. The number of sulfonamides is 1. The van der Waals surface area contributed by atoms with Crippen LogP contribution in [0, 0.1) is 0 Å². The molecule has 0 aliphatic carbocycles. The molecule has 0 atom stereocenters. The maximum absolute atomic E-state index is 12.4. The molecule has 1 amide bonds. The lowest BCUT2D eigenvalue weighted by Crippen LogP contribution is -2.25. The third-order valence-corrected chi connectivity index (χ3v) is 5.70. The number of ether oxygens (including phenoxy) is 1. The van der Waals surface area contributed by atoms with Crippen molar-refractivity contribution in [3.05, 3.63) is 54.1 Å². The molecule has 2 aromatic rings. The summed E-state index contributed by atoms with van der Waals surface area (Å²) in [6.07, 6.45) is 0.547. The predicted molar refractivity (Wildman–Crippen MR) is 93.2 cm³/mol. The summed E-state index contributed by atoms with van der Waals surface area (Å²) >= 11 is 0. The van der Waals surface area contributed by atoms with Crippen molar-refractivity contribution in [2.45, 2.75) is 13.0 Å². The van der Waals surface area contributed by atoms with E-state index in [2.05, 4.69) is 10.1 Å². The van der Waals surface area contributed by atoms with Crippen LogP contribution in [-0.2, 0) is 10.0 Å². The number of rotatable bonds is 5. The van der Waals surface area contributed by atoms with E-state index in [0.29, 0.717) is 24.3 Å². The first-order valence-corrected chi connectivity index (χ1v) is 9.43. The number of carbonyl (C=O) groups is 1. The smallest absolute Gasteiger partial charge is 0.387 e. The van der Waals surface area contributed by atoms with E-state index >= 15 is 0 Å². The van der Waals surface area contributed by atoms with Crippen molar-refractivity contribution in [2.24, 2.45) is 0 Å². The first-order valence-electron chi connectivity index (χ1n) is 7.82. The number of halogens is 2. The predicted octanol–water partition coefficient (Wildman–Crippen LogP) is 3.08. The molecule has 0 spiro atoms. The van der Waals surface area contributed by atoms with Crippen molar-refractivity contribution in [3.8, 4) is 5.75 Å². The van der Waals surface area contributed by atoms with Gasteiger partial charge in [0.2, 0.25) is 10.0 Å². The van der Waals surface area contributed by atoms with Gasteiger partial charge in [0.15, 0.2) is 0 Å². The number of amides is 1. The molecule has 3 rings (SSSR count). The lowest BCUT2D eigenvalue weighted by atomic mass is 10.1. The van der Waals surface area contributed by atoms with E-state index in [-0.39, 0.29) is 17.1 Å². The lowest BCUT2D eigenvalue weighted by Gasteiger charge is -2.17. The topological polar surface area (TPSA) is 75.7 Å². The molecule has 0 radical (unpaired) electrons. The zero-order chi connectivity index (χ0) is 18.7. The van der Waals surface area contributed by atoms with Gasteiger partial charge in [0.25, 0.3) is 5.91 Å². The molecular formula is C17H16F2N2O4S. The standard InChI is InChI=1S/C17H16F2N2O4S/c18-17(19)25-15-7-5-13(6-8-15)20-16(22)12-3-1-4-14(11-12)21-9-2-10-26(21,23)24/h1,3-8,11,17H,2,9-10H2,(H,20,22). The zero-order valence-electron chi connectivity index (χ0n) is 13.6. The van der Waals surface area contributed by atoms with Crippen molar-refractivity contribution in [3.63, 3.8) is 0 Å². The van der Waals surface area contributed by atoms with E-state index in [1.165, 1.54) is 34.6 Å². The normalized spacial score (nSPS) is 15.9. The Balaban J connectivity index is 1.73. The summed E-state index contributed by atoms with van der Waals surface area (Å²) in [5.74, 6) is -0.360.